The van der Waals surface area contributed by atoms with Crippen LogP contribution in [0.5, 0.6) is 0 Å². The first-order chi connectivity index (χ1) is 13.2. The van der Waals surface area contributed by atoms with Crippen LogP contribution in [0.25, 0.3) is 0 Å². The van der Waals surface area contributed by atoms with Gasteiger partial charge in [0.1, 0.15) is 0 Å². The molecular formula is C20H36N6O. The van der Waals surface area contributed by atoms with Gasteiger partial charge in [-0.1, -0.05) is 19.3 Å². The van der Waals surface area contributed by atoms with Crippen molar-refractivity contribution >= 4 is 5.96 Å². The molecule has 2 fully saturated rings. The van der Waals surface area contributed by atoms with Crippen LogP contribution in [0.2, 0.25) is 0 Å². The lowest BCUT2D eigenvalue weighted by Crippen LogP contribution is -2.51. The summed E-state index contributed by atoms with van der Waals surface area (Å²) in [6.45, 7) is 9.77. The second-order valence-corrected chi connectivity index (χ2v) is 8.08. The topological polar surface area (TPSA) is 66.7 Å². The first-order valence-corrected chi connectivity index (χ1v) is 10.4. The van der Waals surface area contributed by atoms with Crippen molar-refractivity contribution in [3.05, 3.63) is 18.0 Å². The number of aliphatic imine (C=N–C) groups is 1. The monoisotopic (exact) mass is 376 g/mol. The molecule has 7 nitrogen and oxygen atoms in total. The number of morpholine rings is 1. The molecule has 1 saturated heterocycles. The number of aromatic nitrogens is 2. The number of hydrogen-bond acceptors (Lipinski definition) is 4. The Kier molecular flexibility index (Phi) is 7.52. The largest absolute Gasteiger partial charge is 0.379 e. The summed E-state index contributed by atoms with van der Waals surface area (Å²) >= 11 is 0. The van der Waals surface area contributed by atoms with E-state index in [1.54, 1.807) is 0 Å². The van der Waals surface area contributed by atoms with Gasteiger partial charge in [0.15, 0.2) is 5.96 Å². The van der Waals surface area contributed by atoms with Crippen molar-refractivity contribution in [3.63, 3.8) is 0 Å². The maximum absolute atomic E-state index is 5.53. The highest BCUT2D eigenvalue weighted by molar-refractivity contribution is 5.79. The quantitative estimate of drug-likeness (QED) is 0.559. The smallest absolute Gasteiger partial charge is 0.191 e. The van der Waals surface area contributed by atoms with Crippen molar-refractivity contribution in [3.8, 4) is 0 Å². The Morgan fingerprint density at radius 3 is 2.67 bits per heavy atom. The van der Waals surface area contributed by atoms with Gasteiger partial charge in [-0.15, -0.1) is 0 Å². The average Bonchev–Trinajstić information content (AvgIpc) is 3.11. The van der Waals surface area contributed by atoms with Crippen molar-refractivity contribution in [1.29, 1.82) is 0 Å². The number of nitrogens with zero attached hydrogens (tertiary/aromatic N) is 4. The lowest BCUT2D eigenvalue weighted by Gasteiger charge is -2.42. The second kappa shape index (κ2) is 10.1. The number of hydrogen-bond donors (Lipinski definition) is 2. The molecule has 1 aromatic heterocycles. The van der Waals surface area contributed by atoms with Gasteiger partial charge >= 0.3 is 0 Å². The van der Waals surface area contributed by atoms with Gasteiger partial charge in [0, 0.05) is 51.4 Å². The molecule has 0 radical (unpaired) electrons. The standard InChI is InChI=1S/C20H36N6O/c1-18-14-24-26(15-18)9-8-22-19(21-2)23-16-20(6-4-3-5-7-20)17-25-10-12-27-13-11-25/h14-15H,3-13,16-17H2,1-2H3,(H2,21,22,23). The molecule has 0 aromatic carbocycles. The van der Waals surface area contributed by atoms with E-state index in [1.807, 2.05) is 17.9 Å². The molecule has 27 heavy (non-hydrogen) atoms. The predicted octanol–water partition coefficient (Wildman–Crippen LogP) is 1.64. The summed E-state index contributed by atoms with van der Waals surface area (Å²) in [6, 6.07) is 0. The molecule has 1 saturated carbocycles. The third-order valence-corrected chi connectivity index (χ3v) is 5.83. The maximum atomic E-state index is 5.53. The molecule has 1 aliphatic heterocycles. The van der Waals surface area contributed by atoms with Crippen LogP contribution >= 0.6 is 0 Å². The summed E-state index contributed by atoms with van der Waals surface area (Å²) in [4.78, 5) is 7.01. The van der Waals surface area contributed by atoms with Crippen LogP contribution in [0, 0.1) is 12.3 Å². The molecule has 0 spiro atoms. The van der Waals surface area contributed by atoms with Crippen molar-refractivity contribution in [2.75, 3.05) is 53.0 Å². The van der Waals surface area contributed by atoms with Crippen LogP contribution in [0.1, 0.15) is 37.7 Å². The molecule has 7 heteroatoms. The summed E-state index contributed by atoms with van der Waals surface area (Å²) in [5, 5.41) is 11.4. The minimum absolute atomic E-state index is 0.353. The average molecular weight is 377 g/mol. The Morgan fingerprint density at radius 1 is 1.22 bits per heavy atom. The highest BCUT2D eigenvalue weighted by atomic mass is 16.5. The second-order valence-electron chi connectivity index (χ2n) is 8.08. The number of ether oxygens (including phenoxy) is 1. The van der Waals surface area contributed by atoms with Crippen molar-refractivity contribution in [2.24, 2.45) is 10.4 Å². The SMILES string of the molecule is CN=C(NCCn1cc(C)cn1)NCC1(CN2CCOCC2)CCCCC1. The highest BCUT2D eigenvalue weighted by Gasteiger charge is 2.34. The highest BCUT2D eigenvalue weighted by Crippen LogP contribution is 2.36. The molecule has 1 aliphatic carbocycles. The van der Waals surface area contributed by atoms with E-state index in [-0.39, 0.29) is 0 Å². The van der Waals surface area contributed by atoms with E-state index in [2.05, 4.69) is 38.7 Å². The van der Waals surface area contributed by atoms with E-state index < -0.39 is 0 Å². The first-order valence-electron chi connectivity index (χ1n) is 10.4. The van der Waals surface area contributed by atoms with Crippen molar-refractivity contribution in [2.45, 2.75) is 45.6 Å². The van der Waals surface area contributed by atoms with E-state index in [0.29, 0.717) is 5.41 Å². The van der Waals surface area contributed by atoms with E-state index in [4.69, 9.17) is 4.74 Å². The van der Waals surface area contributed by atoms with Gasteiger partial charge < -0.3 is 15.4 Å². The number of nitrogens with one attached hydrogen (secondary N) is 2. The van der Waals surface area contributed by atoms with Gasteiger partial charge in [-0.05, 0) is 25.3 Å². The summed E-state index contributed by atoms with van der Waals surface area (Å²) in [5.41, 5.74) is 1.55. The molecule has 2 heterocycles. The third-order valence-electron chi connectivity index (χ3n) is 5.83. The summed E-state index contributed by atoms with van der Waals surface area (Å²) in [7, 11) is 1.85. The minimum atomic E-state index is 0.353. The van der Waals surface area contributed by atoms with Crippen LogP contribution in [-0.4, -0.2) is 73.6 Å². The Morgan fingerprint density at radius 2 is 2.00 bits per heavy atom. The summed E-state index contributed by atoms with van der Waals surface area (Å²) in [6.07, 6.45) is 10.6. The van der Waals surface area contributed by atoms with Gasteiger partial charge in [0.25, 0.3) is 0 Å². The molecule has 152 valence electrons. The van der Waals surface area contributed by atoms with Crippen LogP contribution < -0.4 is 10.6 Å². The normalized spacial score (nSPS) is 21.2. The number of guanidine groups is 1. The molecule has 2 aliphatic rings. The minimum Gasteiger partial charge on any atom is -0.379 e. The first kappa shape index (κ1) is 20.1. The van der Waals surface area contributed by atoms with Crippen LogP contribution in [0.15, 0.2) is 17.4 Å². The fourth-order valence-electron chi connectivity index (χ4n) is 4.30. The van der Waals surface area contributed by atoms with Crippen LogP contribution in [0.3, 0.4) is 0 Å². The van der Waals surface area contributed by atoms with E-state index >= 15 is 0 Å². The summed E-state index contributed by atoms with van der Waals surface area (Å²) in [5.74, 6) is 0.894. The van der Waals surface area contributed by atoms with Gasteiger partial charge in [-0.25, -0.2) is 0 Å². The molecule has 0 unspecified atom stereocenters. The van der Waals surface area contributed by atoms with Gasteiger partial charge in [-0.3, -0.25) is 14.6 Å². The molecule has 2 N–H and O–H groups in total. The molecule has 0 atom stereocenters. The van der Waals surface area contributed by atoms with Crippen LogP contribution in [-0.2, 0) is 11.3 Å². The van der Waals surface area contributed by atoms with Crippen molar-refractivity contribution in [1.82, 2.24) is 25.3 Å². The molecule has 0 bridgehead atoms. The van der Waals surface area contributed by atoms with Gasteiger partial charge in [0.05, 0.1) is 26.0 Å². The lowest BCUT2D eigenvalue weighted by atomic mass is 9.73. The van der Waals surface area contributed by atoms with E-state index in [1.165, 1.54) is 44.2 Å². The van der Waals surface area contributed by atoms with Crippen LogP contribution in [0.4, 0.5) is 0 Å². The molecule has 3 rings (SSSR count). The predicted molar refractivity (Wildman–Crippen MR) is 109 cm³/mol. The van der Waals surface area contributed by atoms with Crippen molar-refractivity contribution < 1.29 is 4.74 Å². The zero-order chi connectivity index (χ0) is 19.0. The Bertz CT molecular complexity index is 587. The lowest BCUT2D eigenvalue weighted by molar-refractivity contribution is 0.00820. The maximum Gasteiger partial charge on any atom is 0.191 e. The Hall–Kier alpha value is -1.60. The number of rotatable bonds is 7. The Balaban J connectivity index is 1.48. The fourth-order valence-corrected chi connectivity index (χ4v) is 4.30. The number of aryl methyl sites for hydroxylation is 1. The third kappa shape index (κ3) is 6.21. The van der Waals surface area contributed by atoms with Gasteiger partial charge in [-0.2, -0.15) is 5.10 Å². The van der Waals surface area contributed by atoms with E-state index in [0.717, 1.165) is 51.9 Å². The molecule has 1 aromatic rings. The molecule has 0 amide bonds. The van der Waals surface area contributed by atoms with E-state index in [9.17, 15) is 0 Å². The summed E-state index contributed by atoms with van der Waals surface area (Å²) < 4.78 is 7.50. The fraction of sp³-hybridized carbons (Fsp3) is 0.800. The van der Waals surface area contributed by atoms with Gasteiger partial charge in [0.2, 0.25) is 0 Å². The zero-order valence-corrected chi connectivity index (χ0v) is 17.0. The molecular weight excluding hydrogens is 340 g/mol. The zero-order valence-electron chi connectivity index (χ0n) is 17.0. The Labute approximate surface area is 163 Å².